The number of rotatable bonds is 2. The molecule has 1 aromatic carbocycles. The molecular formula is C13H13NO2. The van der Waals surface area contributed by atoms with E-state index in [-0.39, 0.29) is 5.41 Å². The van der Waals surface area contributed by atoms with Crippen LogP contribution >= 0.6 is 0 Å². The Kier molecular flexibility index (Phi) is 2.03. The maximum absolute atomic E-state index is 9.19. The van der Waals surface area contributed by atoms with E-state index < -0.39 is 0 Å². The van der Waals surface area contributed by atoms with E-state index in [1.165, 1.54) is 12.0 Å². The van der Waals surface area contributed by atoms with Crippen LogP contribution in [0.3, 0.4) is 0 Å². The van der Waals surface area contributed by atoms with Gasteiger partial charge in [0.1, 0.15) is 0 Å². The zero-order chi connectivity index (χ0) is 11.0. The fourth-order valence-corrected chi connectivity index (χ4v) is 2.37. The third kappa shape index (κ3) is 1.42. The highest BCUT2D eigenvalue weighted by Gasteiger charge is 2.37. The van der Waals surface area contributed by atoms with Crippen LogP contribution in [0.1, 0.15) is 24.8 Å². The van der Waals surface area contributed by atoms with E-state index in [9.17, 15) is 5.26 Å². The lowest BCUT2D eigenvalue weighted by molar-refractivity contribution is 0.174. The molecule has 2 aliphatic rings. The van der Waals surface area contributed by atoms with Gasteiger partial charge < -0.3 is 9.47 Å². The normalized spacial score (nSPS) is 19.9. The summed E-state index contributed by atoms with van der Waals surface area (Å²) in [6, 6.07) is 8.42. The van der Waals surface area contributed by atoms with Gasteiger partial charge >= 0.3 is 0 Å². The summed E-state index contributed by atoms with van der Waals surface area (Å²) >= 11 is 0. The molecule has 82 valence electrons. The van der Waals surface area contributed by atoms with E-state index in [2.05, 4.69) is 6.07 Å². The van der Waals surface area contributed by atoms with Crippen LogP contribution in [0, 0.1) is 16.7 Å². The van der Waals surface area contributed by atoms with Crippen molar-refractivity contribution in [1.29, 1.82) is 5.26 Å². The summed E-state index contributed by atoms with van der Waals surface area (Å²) < 4.78 is 10.6. The molecule has 16 heavy (non-hydrogen) atoms. The first kappa shape index (κ1) is 9.53. The Bertz CT molecular complexity index is 457. The lowest BCUT2D eigenvalue weighted by atomic mass is 9.66. The summed E-state index contributed by atoms with van der Waals surface area (Å²) in [5, 5.41) is 9.19. The Morgan fingerprint density at radius 3 is 2.75 bits per heavy atom. The van der Waals surface area contributed by atoms with Gasteiger partial charge in [0.15, 0.2) is 11.5 Å². The third-order valence-electron chi connectivity index (χ3n) is 3.53. The molecule has 1 saturated carbocycles. The number of ether oxygens (including phenoxy) is 2. The van der Waals surface area contributed by atoms with Gasteiger partial charge in [-0.3, -0.25) is 0 Å². The van der Waals surface area contributed by atoms with Crippen LogP contribution in [-0.2, 0) is 6.42 Å². The maximum Gasteiger partial charge on any atom is 0.231 e. The van der Waals surface area contributed by atoms with Crippen LogP contribution < -0.4 is 9.47 Å². The number of hydrogen-bond acceptors (Lipinski definition) is 3. The molecule has 0 bridgehead atoms. The molecule has 1 fully saturated rings. The smallest absolute Gasteiger partial charge is 0.231 e. The van der Waals surface area contributed by atoms with Gasteiger partial charge in [-0.1, -0.05) is 12.5 Å². The third-order valence-corrected chi connectivity index (χ3v) is 3.53. The average Bonchev–Trinajstić information content (AvgIpc) is 2.70. The number of fused-ring (bicyclic) bond motifs is 1. The van der Waals surface area contributed by atoms with Gasteiger partial charge in [0.05, 0.1) is 11.5 Å². The largest absolute Gasteiger partial charge is 0.454 e. The summed E-state index contributed by atoms with van der Waals surface area (Å²) in [5.74, 6) is 1.62. The zero-order valence-corrected chi connectivity index (χ0v) is 9.03. The molecule has 1 aliphatic carbocycles. The van der Waals surface area contributed by atoms with Crippen LogP contribution in [-0.4, -0.2) is 6.79 Å². The Morgan fingerprint density at radius 1 is 1.25 bits per heavy atom. The first-order valence-electron chi connectivity index (χ1n) is 5.61. The van der Waals surface area contributed by atoms with Gasteiger partial charge in [-0.25, -0.2) is 0 Å². The lowest BCUT2D eigenvalue weighted by Gasteiger charge is -2.35. The molecule has 0 atom stereocenters. The molecule has 0 aromatic heterocycles. The number of nitrogens with zero attached hydrogens (tertiary/aromatic N) is 1. The van der Waals surface area contributed by atoms with Gasteiger partial charge in [-0.15, -0.1) is 0 Å². The van der Waals surface area contributed by atoms with Crippen molar-refractivity contribution >= 4 is 0 Å². The monoisotopic (exact) mass is 215 g/mol. The lowest BCUT2D eigenvalue weighted by Crippen LogP contribution is -2.29. The van der Waals surface area contributed by atoms with E-state index >= 15 is 0 Å². The fraction of sp³-hybridized carbons (Fsp3) is 0.462. The molecule has 1 heterocycles. The molecule has 0 spiro atoms. The van der Waals surface area contributed by atoms with Gasteiger partial charge in [-0.2, -0.15) is 5.26 Å². The topological polar surface area (TPSA) is 42.2 Å². The highest BCUT2D eigenvalue weighted by molar-refractivity contribution is 5.45. The molecule has 3 rings (SSSR count). The molecule has 0 unspecified atom stereocenters. The van der Waals surface area contributed by atoms with Crippen molar-refractivity contribution in [2.75, 3.05) is 6.79 Å². The standard InChI is InChI=1S/C13H13NO2/c14-8-13(4-1-5-13)7-10-2-3-11-12(6-10)16-9-15-11/h2-3,6H,1,4-5,7,9H2. The predicted octanol–water partition coefficient (Wildman–Crippen LogP) is 2.65. The van der Waals surface area contributed by atoms with Gasteiger partial charge in [0.2, 0.25) is 6.79 Å². The van der Waals surface area contributed by atoms with E-state index in [1.807, 2.05) is 18.2 Å². The highest BCUT2D eigenvalue weighted by atomic mass is 16.7. The Hall–Kier alpha value is -1.69. The van der Waals surface area contributed by atoms with Crippen molar-refractivity contribution in [3.63, 3.8) is 0 Å². The van der Waals surface area contributed by atoms with Crippen LogP contribution in [0.2, 0.25) is 0 Å². The van der Waals surface area contributed by atoms with Gasteiger partial charge in [0, 0.05) is 0 Å². The van der Waals surface area contributed by atoms with Crippen molar-refractivity contribution in [1.82, 2.24) is 0 Å². The van der Waals surface area contributed by atoms with Crippen LogP contribution in [0.4, 0.5) is 0 Å². The van der Waals surface area contributed by atoms with E-state index in [1.54, 1.807) is 0 Å². The van der Waals surface area contributed by atoms with Crippen molar-refractivity contribution in [3.05, 3.63) is 23.8 Å². The van der Waals surface area contributed by atoms with Crippen LogP contribution in [0.15, 0.2) is 18.2 Å². The minimum atomic E-state index is -0.117. The van der Waals surface area contributed by atoms with Crippen molar-refractivity contribution in [3.8, 4) is 17.6 Å². The quantitative estimate of drug-likeness (QED) is 0.761. The first-order chi connectivity index (χ1) is 7.81. The maximum atomic E-state index is 9.19. The number of benzene rings is 1. The second kappa shape index (κ2) is 3.41. The molecular weight excluding hydrogens is 202 g/mol. The van der Waals surface area contributed by atoms with Crippen molar-refractivity contribution in [2.45, 2.75) is 25.7 Å². The summed E-state index contributed by atoms with van der Waals surface area (Å²) in [7, 11) is 0. The zero-order valence-electron chi connectivity index (χ0n) is 9.03. The Labute approximate surface area is 94.6 Å². The van der Waals surface area contributed by atoms with Gasteiger partial charge in [0.25, 0.3) is 0 Å². The second-order valence-electron chi connectivity index (χ2n) is 4.61. The minimum absolute atomic E-state index is 0.117. The Balaban J connectivity index is 1.83. The summed E-state index contributed by atoms with van der Waals surface area (Å²) in [6.45, 7) is 0.308. The summed E-state index contributed by atoms with van der Waals surface area (Å²) in [6.07, 6.45) is 4.06. The molecule has 3 heteroatoms. The van der Waals surface area contributed by atoms with E-state index in [4.69, 9.17) is 9.47 Å². The van der Waals surface area contributed by atoms with Crippen LogP contribution in [0.5, 0.6) is 11.5 Å². The van der Waals surface area contributed by atoms with E-state index in [0.29, 0.717) is 6.79 Å². The molecule has 0 amide bonds. The minimum Gasteiger partial charge on any atom is -0.454 e. The molecule has 0 saturated heterocycles. The number of hydrogen-bond donors (Lipinski definition) is 0. The molecule has 0 N–H and O–H groups in total. The van der Waals surface area contributed by atoms with Crippen molar-refractivity contribution < 1.29 is 9.47 Å². The SMILES string of the molecule is N#CC1(Cc2ccc3c(c2)OCO3)CCC1. The predicted molar refractivity (Wildman–Crippen MR) is 58.2 cm³/mol. The second-order valence-corrected chi connectivity index (χ2v) is 4.61. The van der Waals surface area contributed by atoms with E-state index in [0.717, 1.165) is 30.8 Å². The van der Waals surface area contributed by atoms with Gasteiger partial charge in [-0.05, 0) is 37.0 Å². The fourth-order valence-electron chi connectivity index (χ4n) is 2.37. The van der Waals surface area contributed by atoms with Crippen LogP contribution in [0.25, 0.3) is 0 Å². The summed E-state index contributed by atoms with van der Waals surface area (Å²) in [4.78, 5) is 0. The molecule has 3 nitrogen and oxygen atoms in total. The highest BCUT2D eigenvalue weighted by Crippen LogP contribution is 2.44. The summed E-state index contributed by atoms with van der Waals surface area (Å²) in [5.41, 5.74) is 1.05. The average molecular weight is 215 g/mol. The Morgan fingerprint density at radius 2 is 2.06 bits per heavy atom. The molecule has 1 aromatic rings. The number of nitriles is 1. The molecule has 1 aliphatic heterocycles. The van der Waals surface area contributed by atoms with Crippen molar-refractivity contribution in [2.24, 2.45) is 5.41 Å². The first-order valence-corrected chi connectivity index (χ1v) is 5.61. The molecule has 0 radical (unpaired) electrons.